The molecule has 1 amide bonds. The van der Waals surface area contributed by atoms with Gasteiger partial charge in [-0.2, -0.15) is 0 Å². The van der Waals surface area contributed by atoms with E-state index in [0.29, 0.717) is 13.0 Å². The third-order valence-electron chi connectivity index (χ3n) is 3.72. The van der Waals surface area contributed by atoms with Crippen LogP contribution in [0.4, 0.5) is 0 Å². The van der Waals surface area contributed by atoms with E-state index in [2.05, 4.69) is 6.92 Å². The molecule has 19 heavy (non-hydrogen) atoms. The number of methoxy groups -OCH3 is 1. The first-order valence-corrected chi connectivity index (χ1v) is 6.77. The molecule has 2 atom stereocenters. The Morgan fingerprint density at radius 1 is 1.58 bits per heavy atom. The van der Waals surface area contributed by atoms with Crippen LogP contribution in [0, 0.1) is 0 Å². The highest BCUT2D eigenvalue weighted by atomic mass is 16.5. The average molecular weight is 262 g/mol. The van der Waals surface area contributed by atoms with E-state index in [1.165, 1.54) is 0 Å². The normalized spacial score (nSPS) is 20.4. The first-order valence-electron chi connectivity index (χ1n) is 6.77. The van der Waals surface area contributed by atoms with Gasteiger partial charge in [-0.15, -0.1) is 0 Å². The van der Waals surface area contributed by atoms with Crippen molar-refractivity contribution in [2.45, 2.75) is 31.7 Å². The minimum atomic E-state index is 0.149. The first kappa shape index (κ1) is 13.9. The topological polar surface area (TPSA) is 55.6 Å². The molecule has 1 aromatic rings. The molecule has 2 N–H and O–H groups in total. The largest absolute Gasteiger partial charge is 0.497 e. The van der Waals surface area contributed by atoms with E-state index in [1.807, 2.05) is 29.2 Å². The zero-order valence-electron chi connectivity index (χ0n) is 11.6. The number of carbonyl (C=O) groups excluding carboxylic acids is 1. The molecule has 4 heteroatoms. The van der Waals surface area contributed by atoms with E-state index in [1.54, 1.807) is 7.11 Å². The van der Waals surface area contributed by atoms with E-state index in [0.717, 1.165) is 24.3 Å². The third kappa shape index (κ3) is 3.47. The van der Waals surface area contributed by atoms with Crippen molar-refractivity contribution in [3.63, 3.8) is 0 Å². The van der Waals surface area contributed by atoms with Gasteiger partial charge in [-0.3, -0.25) is 4.79 Å². The van der Waals surface area contributed by atoms with Gasteiger partial charge in [0.25, 0.3) is 0 Å². The second-order valence-electron chi connectivity index (χ2n) is 5.27. The summed E-state index contributed by atoms with van der Waals surface area (Å²) in [7, 11) is 1.65. The number of ether oxygens (including phenoxy) is 1. The lowest BCUT2D eigenvalue weighted by Crippen LogP contribution is -2.32. The molecule has 0 radical (unpaired) electrons. The fraction of sp³-hybridized carbons (Fsp3) is 0.533. The second kappa shape index (κ2) is 6.06. The van der Waals surface area contributed by atoms with Crippen LogP contribution in [0.3, 0.4) is 0 Å². The number of nitrogens with zero attached hydrogens (tertiary/aromatic N) is 1. The molecule has 0 aromatic heterocycles. The lowest BCUT2D eigenvalue weighted by Gasteiger charge is -2.19. The molecule has 0 saturated carbocycles. The second-order valence-corrected chi connectivity index (χ2v) is 5.27. The van der Waals surface area contributed by atoms with Gasteiger partial charge in [-0.25, -0.2) is 0 Å². The molecule has 0 aliphatic carbocycles. The number of rotatable bonds is 4. The molecular weight excluding hydrogens is 240 g/mol. The van der Waals surface area contributed by atoms with Gasteiger partial charge in [-0.05, 0) is 30.0 Å². The van der Waals surface area contributed by atoms with Gasteiger partial charge in [-0.1, -0.05) is 19.1 Å². The van der Waals surface area contributed by atoms with Crippen LogP contribution in [-0.4, -0.2) is 37.0 Å². The Bertz CT molecular complexity index is 448. The minimum Gasteiger partial charge on any atom is -0.497 e. The van der Waals surface area contributed by atoms with Crippen LogP contribution < -0.4 is 10.5 Å². The Morgan fingerprint density at radius 2 is 2.37 bits per heavy atom. The average Bonchev–Trinajstić information content (AvgIpc) is 2.85. The molecule has 1 aliphatic heterocycles. The van der Waals surface area contributed by atoms with Crippen LogP contribution in [-0.2, 0) is 4.79 Å². The van der Waals surface area contributed by atoms with Gasteiger partial charge < -0.3 is 15.4 Å². The van der Waals surface area contributed by atoms with Crippen molar-refractivity contribution >= 4 is 5.91 Å². The number of hydrogen-bond acceptors (Lipinski definition) is 3. The van der Waals surface area contributed by atoms with E-state index < -0.39 is 0 Å². The zero-order valence-corrected chi connectivity index (χ0v) is 11.6. The number of amides is 1. The molecule has 1 aliphatic rings. The van der Waals surface area contributed by atoms with Gasteiger partial charge in [0.1, 0.15) is 5.75 Å². The predicted octanol–water partition coefficient (Wildman–Crippen LogP) is 1.75. The summed E-state index contributed by atoms with van der Waals surface area (Å²) in [6.07, 6.45) is 1.44. The van der Waals surface area contributed by atoms with Gasteiger partial charge >= 0.3 is 0 Å². The fourth-order valence-electron chi connectivity index (χ4n) is 2.47. The van der Waals surface area contributed by atoms with E-state index in [4.69, 9.17) is 10.5 Å². The van der Waals surface area contributed by atoms with Gasteiger partial charge in [0.15, 0.2) is 0 Å². The van der Waals surface area contributed by atoms with Crippen molar-refractivity contribution in [2.24, 2.45) is 5.73 Å². The number of nitrogens with two attached hydrogens (primary N) is 1. The quantitative estimate of drug-likeness (QED) is 0.899. The molecule has 0 unspecified atom stereocenters. The highest BCUT2D eigenvalue weighted by Crippen LogP contribution is 2.24. The highest BCUT2D eigenvalue weighted by molar-refractivity contribution is 5.77. The maximum absolute atomic E-state index is 12.2. The molecule has 0 bridgehead atoms. The Hall–Kier alpha value is -1.55. The summed E-state index contributed by atoms with van der Waals surface area (Å²) in [6, 6.07) is 8.05. The molecular formula is C15H22N2O2. The van der Waals surface area contributed by atoms with Crippen molar-refractivity contribution in [1.29, 1.82) is 0 Å². The van der Waals surface area contributed by atoms with Crippen molar-refractivity contribution in [1.82, 2.24) is 4.90 Å². The smallest absolute Gasteiger partial charge is 0.223 e. The van der Waals surface area contributed by atoms with Crippen LogP contribution in [0.2, 0.25) is 0 Å². The van der Waals surface area contributed by atoms with E-state index >= 15 is 0 Å². The van der Waals surface area contributed by atoms with Crippen LogP contribution >= 0.6 is 0 Å². The number of likely N-dealkylation sites (tertiary alicyclic amines) is 1. The number of hydrogen-bond donors (Lipinski definition) is 1. The van der Waals surface area contributed by atoms with Crippen LogP contribution in [0.25, 0.3) is 0 Å². The molecule has 1 aromatic carbocycles. The van der Waals surface area contributed by atoms with Crippen LogP contribution in [0.1, 0.15) is 31.2 Å². The molecule has 104 valence electrons. The van der Waals surface area contributed by atoms with Crippen molar-refractivity contribution in [2.75, 3.05) is 20.2 Å². The molecule has 0 spiro atoms. The molecule has 1 saturated heterocycles. The molecule has 1 heterocycles. The van der Waals surface area contributed by atoms with Crippen molar-refractivity contribution in [3.8, 4) is 5.75 Å². The SMILES string of the molecule is COc1cccc([C@H](C)CC(=O)N2CC[C@H](N)C2)c1. The molecule has 2 rings (SSSR count). The first-order chi connectivity index (χ1) is 9.10. The van der Waals surface area contributed by atoms with Gasteiger partial charge in [0, 0.05) is 25.6 Å². The maximum atomic E-state index is 12.2. The standard InChI is InChI=1S/C15H22N2O2/c1-11(12-4-3-5-14(9-12)19-2)8-15(18)17-7-6-13(16)10-17/h3-5,9,11,13H,6-8,10,16H2,1-2H3/t11-,13+/m1/s1. The van der Waals surface area contributed by atoms with Crippen molar-refractivity contribution in [3.05, 3.63) is 29.8 Å². The number of benzene rings is 1. The van der Waals surface area contributed by atoms with Gasteiger partial charge in [0.2, 0.25) is 5.91 Å². The lowest BCUT2D eigenvalue weighted by atomic mass is 9.97. The summed E-state index contributed by atoms with van der Waals surface area (Å²) < 4.78 is 5.21. The molecule has 4 nitrogen and oxygen atoms in total. The summed E-state index contributed by atoms with van der Waals surface area (Å²) in [6.45, 7) is 3.57. The number of carbonyl (C=O) groups is 1. The maximum Gasteiger partial charge on any atom is 0.223 e. The Morgan fingerprint density at radius 3 is 3.00 bits per heavy atom. The summed E-state index contributed by atoms with van der Waals surface area (Å²) in [4.78, 5) is 14.0. The minimum absolute atomic E-state index is 0.149. The van der Waals surface area contributed by atoms with Crippen molar-refractivity contribution < 1.29 is 9.53 Å². The Kier molecular flexibility index (Phi) is 4.43. The van der Waals surface area contributed by atoms with E-state index in [9.17, 15) is 4.79 Å². The summed E-state index contributed by atoms with van der Waals surface area (Å²) >= 11 is 0. The highest BCUT2D eigenvalue weighted by Gasteiger charge is 2.24. The third-order valence-corrected chi connectivity index (χ3v) is 3.72. The zero-order chi connectivity index (χ0) is 13.8. The summed E-state index contributed by atoms with van der Waals surface area (Å²) in [5.41, 5.74) is 6.97. The van der Waals surface area contributed by atoms with Gasteiger partial charge in [0.05, 0.1) is 7.11 Å². The fourth-order valence-corrected chi connectivity index (χ4v) is 2.47. The van der Waals surface area contributed by atoms with Crippen LogP contribution in [0.15, 0.2) is 24.3 Å². The lowest BCUT2D eigenvalue weighted by molar-refractivity contribution is -0.130. The summed E-state index contributed by atoms with van der Waals surface area (Å²) in [5.74, 6) is 1.22. The molecule has 1 fully saturated rings. The van der Waals surface area contributed by atoms with E-state index in [-0.39, 0.29) is 17.9 Å². The predicted molar refractivity (Wildman–Crippen MR) is 75.2 cm³/mol. The monoisotopic (exact) mass is 262 g/mol. The summed E-state index contributed by atoms with van der Waals surface area (Å²) in [5, 5.41) is 0. The Labute approximate surface area is 114 Å². The van der Waals surface area contributed by atoms with Crippen LogP contribution in [0.5, 0.6) is 5.75 Å². The Balaban J connectivity index is 1.96.